The van der Waals surface area contributed by atoms with Crippen molar-refractivity contribution in [3.05, 3.63) is 46.2 Å². The molecule has 22 heavy (non-hydrogen) atoms. The van der Waals surface area contributed by atoms with Crippen molar-refractivity contribution in [2.75, 3.05) is 33.2 Å². The van der Waals surface area contributed by atoms with Crippen molar-refractivity contribution >= 4 is 16.8 Å². The third-order valence-corrected chi connectivity index (χ3v) is 4.33. The van der Waals surface area contributed by atoms with Crippen LogP contribution in [-0.4, -0.2) is 53.5 Å². The zero-order valence-corrected chi connectivity index (χ0v) is 13.1. The average molecular weight is 299 g/mol. The summed E-state index contributed by atoms with van der Waals surface area (Å²) in [6.45, 7) is 5.14. The molecule has 1 aliphatic rings. The summed E-state index contributed by atoms with van der Waals surface area (Å²) in [6, 6.07) is 9.59. The van der Waals surface area contributed by atoms with E-state index in [1.165, 1.54) is 0 Å². The number of hydrogen-bond acceptors (Lipinski definition) is 3. The van der Waals surface area contributed by atoms with Gasteiger partial charge in [-0.3, -0.25) is 14.2 Å². The molecule has 0 aliphatic carbocycles. The molecular weight excluding hydrogens is 278 g/mol. The van der Waals surface area contributed by atoms with E-state index in [4.69, 9.17) is 0 Å². The first-order valence-corrected chi connectivity index (χ1v) is 7.62. The number of fused-ring (bicyclic) bond motifs is 1. The van der Waals surface area contributed by atoms with Crippen molar-refractivity contribution in [2.24, 2.45) is 0 Å². The molecule has 116 valence electrons. The van der Waals surface area contributed by atoms with Crippen molar-refractivity contribution in [1.29, 1.82) is 0 Å². The van der Waals surface area contributed by atoms with E-state index in [1.807, 2.05) is 35.2 Å². The number of aryl methyl sites for hydroxylation is 1. The molecule has 0 spiro atoms. The monoisotopic (exact) mass is 299 g/mol. The van der Waals surface area contributed by atoms with Gasteiger partial charge in [0.25, 0.3) is 5.56 Å². The fourth-order valence-corrected chi connectivity index (χ4v) is 2.92. The number of likely N-dealkylation sites (N-methyl/N-ethyl adjacent to an activating group) is 1. The maximum Gasteiger partial charge on any atom is 0.254 e. The summed E-state index contributed by atoms with van der Waals surface area (Å²) in [6.07, 6.45) is 0. The highest BCUT2D eigenvalue weighted by Crippen LogP contribution is 2.13. The van der Waals surface area contributed by atoms with Gasteiger partial charge in [0.2, 0.25) is 5.91 Å². The molecule has 2 heterocycles. The highest BCUT2D eigenvalue weighted by Gasteiger charge is 2.20. The molecule has 1 amide bonds. The topological polar surface area (TPSA) is 45.6 Å². The van der Waals surface area contributed by atoms with Crippen LogP contribution in [0.4, 0.5) is 0 Å². The molecule has 0 N–H and O–H groups in total. The minimum Gasteiger partial charge on any atom is -0.339 e. The molecule has 1 saturated heterocycles. The Labute approximate surface area is 129 Å². The van der Waals surface area contributed by atoms with E-state index in [0.717, 1.165) is 37.1 Å². The second-order valence-electron chi connectivity index (χ2n) is 5.96. The Kier molecular flexibility index (Phi) is 3.98. The van der Waals surface area contributed by atoms with E-state index in [9.17, 15) is 9.59 Å². The smallest absolute Gasteiger partial charge is 0.254 e. The molecule has 1 fully saturated rings. The van der Waals surface area contributed by atoms with E-state index < -0.39 is 0 Å². The second-order valence-corrected chi connectivity index (χ2v) is 5.96. The number of carbonyl (C=O) groups excluding carboxylic acids is 1. The van der Waals surface area contributed by atoms with Gasteiger partial charge in [0.15, 0.2) is 0 Å². The lowest BCUT2D eigenvalue weighted by atomic mass is 10.1. The lowest BCUT2D eigenvalue weighted by Crippen LogP contribution is -2.48. The number of rotatable bonds is 2. The van der Waals surface area contributed by atoms with E-state index in [-0.39, 0.29) is 18.0 Å². The van der Waals surface area contributed by atoms with Crippen LogP contribution in [0.15, 0.2) is 35.1 Å². The van der Waals surface area contributed by atoms with E-state index in [1.54, 1.807) is 11.5 Å². The average Bonchev–Trinajstić information content (AvgIpc) is 2.52. The van der Waals surface area contributed by atoms with Crippen molar-refractivity contribution < 1.29 is 4.79 Å². The van der Waals surface area contributed by atoms with Gasteiger partial charge in [-0.2, -0.15) is 0 Å². The minimum atomic E-state index is -0.0822. The molecule has 5 nitrogen and oxygen atoms in total. The molecule has 0 bridgehead atoms. The van der Waals surface area contributed by atoms with Gasteiger partial charge in [0, 0.05) is 31.7 Å². The van der Waals surface area contributed by atoms with Gasteiger partial charge in [-0.25, -0.2) is 0 Å². The van der Waals surface area contributed by atoms with Gasteiger partial charge in [0.05, 0.1) is 5.52 Å². The summed E-state index contributed by atoms with van der Waals surface area (Å²) >= 11 is 0. The van der Waals surface area contributed by atoms with Crippen LogP contribution in [0.25, 0.3) is 10.9 Å². The molecular formula is C17H21N3O2. The van der Waals surface area contributed by atoms with E-state index in [2.05, 4.69) is 11.9 Å². The van der Waals surface area contributed by atoms with Crippen LogP contribution in [-0.2, 0) is 11.3 Å². The summed E-state index contributed by atoms with van der Waals surface area (Å²) in [7, 11) is 2.06. The van der Waals surface area contributed by atoms with Crippen LogP contribution in [0.5, 0.6) is 0 Å². The Balaban J connectivity index is 1.92. The Bertz CT molecular complexity index is 758. The first-order valence-electron chi connectivity index (χ1n) is 7.62. The highest BCUT2D eigenvalue weighted by atomic mass is 16.2. The van der Waals surface area contributed by atoms with Gasteiger partial charge >= 0.3 is 0 Å². The zero-order valence-electron chi connectivity index (χ0n) is 13.1. The summed E-state index contributed by atoms with van der Waals surface area (Å²) in [5.41, 5.74) is 1.41. The van der Waals surface area contributed by atoms with Crippen molar-refractivity contribution in [3.8, 4) is 0 Å². The molecule has 0 unspecified atom stereocenters. The number of nitrogens with zero attached hydrogens (tertiary/aromatic N) is 3. The Morgan fingerprint density at radius 1 is 1.14 bits per heavy atom. The number of para-hydroxylation sites is 1. The van der Waals surface area contributed by atoms with E-state index >= 15 is 0 Å². The summed E-state index contributed by atoms with van der Waals surface area (Å²) in [5, 5.41) is 0.991. The van der Waals surface area contributed by atoms with E-state index in [0.29, 0.717) is 5.56 Å². The van der Waals surface area contributed by atoms with Crippen LogP contribution in [0.3, 0.4) is 0 Å². The van der Waals surface area contributed by atoms with Crippen molar-refractivity contribution in [3.63, 3.8) is 0 Å². The molecule has 0 radical (unpaired) electrons. The molecule has 1 aromatic heterocycles. The molecule has 0 saturated carbocycles. The number of amides is 1. The number of carbonyl (C=O) groups is 1. The molecule has 2 aromatic rings. The van der Waals surface area contributed by atoms with Gasteiger partial charge in [-0.15, -0.1) is 0 Å². The fraction of sp³-hybridized carbons (Fsp3) is 0.412. The molecule has 3 rings (SSSR count). The Morgan fingerprint density at radius 3 is 2.55 bits per heavy atom. The summed E-state index contributed by atoms with van der Waals surface area (Å²) in [5.74, 6) is 0.0194. The van der Waals surface area contributed by atoms with Crippen molar-refractivity contribution in [1.82, 2.24) is 14.4 Å². The molecule has 1 aliphatic heterocycles. The van der Waals surface area contributed by atoms with Crippen LogP contribution in [0.2, 0.25) is 0 Å². The largest absolute Gasteiger partial charge is 0.339 e. The predicted octanol–water partition coefficient (Wildman–Crippen LogP) is 1.08. The minimum absolute atomic E-state index is 0.0194. The van der Waals surface area contributed by atoms with Gasteiger partial charge < -0.3 is 9.80 Å². The Morgan fingerprint density at radius 2 is 1.82 bits per heavy atom. The number of piperazine rings is 1. The zero-order chi connectivity index (χ0) is 15.7. The third-order valence-electron chi connectivity index (χ3n) is 4.33. The standard InChI is InChI=1S/C17H21N3O2/c1-13-11-14-5-3-4-6-15(14)20(17(13)22)12-16(21)19-9-7-18(2)8-10-19/h3-6,11H,7-10,12H2,1-2H3. The number of pyridine rings is 1. The quantitative estimate of drug-likeness (QED) is 0.834. The van der Waals surface area contributed by atoms with Gasteiger partial charge in [-0.05, 0) is 31.5 Å². The molecule has 1 aromatic carbocycles. The Hall–Kier alpha value is -2.14. The van der Waals surface area contributed by atoms with Gasteiger partial charge in [0.1, 0.15) is 6.54 Å². The number of aromatic nitrogens is 1. The number of benzene rings is 1. The highest BCUT2D eigenvalue weighted by molar-refractivity contribution is 5.82. The maximum atomic E-state index is 12.5. The summed E-state index contributed by atoms with van der Waals surface area (Å²) < 4.78 is 1.60. The SMILES string of the molecule is Cc1cc2ccccc2n(CC(=O)N2CCN(C)CC2)c1=O. The normalized spacial score (nSPS) is 16.2. The lowest BCUT2D eigenvalue weighted by molar-refractivity contribution is -0.133. The van der Waals surface area contributed by atoms with Crippen LogP contribution < -0.4 is 5.56 Å². The van der Waals surface area contributed by atoms with Crippen molar-refractivity contribution in [2.45, 2.75) is 13.5 Å². The summed E-state index contributed by atoms with van der Waals surface area (Å²) in [4.78, 5) is 29.0. The second kappa shape index (κ2) is 5.93. The van der Waals surface area contributed by atoms with Crippen LogP contribution in [0.1, 0.15) is 5.56 Å². The third kappa shape index (κ3) is 2.76. The first kappa shape index (κ1) is 14.8. The fourth-order valence-electron chi connectivity index (χ4n) is 2.92. The van der Waals surface area contributed by atoms with Crippen LogP contribution in [0, 0.1) is 6.92 Å². The predicted molar refractivity (Wildman–Crippen MR) is 87.0 cm³/mol. The van der Waals surface area contributed by atoms with Crippen LogP contribution >= 0.6 is 0 Å². The number of hydrogen-bond donors (Lipinski definition) is 0. The maximum absolute atomic E-state index is 12.5. The lowest BCUT2D eigenvalue weighted by Gasteiger charge is -2.32. The van der Waals surface area contributed by atoms with Gasteiger partial charge in [-0.1, -0.05) is 18.2 Å². The first-order chi connectivity index (χ1) is 10.6. The molecule has 0 atom stereocenters. The molecule has 5 heteroatoms.